The van der Waals surface area contributed by atoms with E-state index in [1.165, 1.54) is 23.1 Å². The second-order valence-electron chi connectivity index (χ2n) is 4.11. The van der Waals surface area contributed by atoms with Crippen LogP contribution in [0.4, 0.5) is 4.39 Å². The first-order chi connectivity index (χ1) is 8.39. The maximum atomic E-state index is 13.5. The van der Waals surface area contributed by atoms with Crippen molar-refractivity contribution in [2.45, 2.75) is 4.90 Å². The smallest absolute Gasteiger partial charge is 0.256 e. The molecular weight excluding hydrogens is 277 g/mol. The Hall–Kier alpha value is -1.08. The highest BCUT2D eigenvalue weighted by atomic mass is 32.2. The number of hydrogen-bond acceptors (Lipinski definition) is 4. The Balaban J connectivity index is 2.20. The van der Waals surface area contributed by atoms with E-state index in [-0.39, 0.29) is 30.2 Å². The summed E-state index contributed by atoms with van der Waals surface area (Å²) in [6, 6.07) is 3.98. The quantitative estimate of drug-likeness (QED) is 0.784. The molecule has 0 atom stereocenters. The van der Waals surface area contributed by atoms with Gasteiger partial charge in [0.15, 0.2) is 9.84 Å². The van der Waals surface area contributed by atoms with Gasteiger partial charge in [-0.1, -0.05) is 0 Å². The summed E-state index contributed by atoms with van der Waals surface area (Å²) < 4.78 is 36.0. The highest BCUT2D eigenvalue weighted by Crippen LogP contribution is 2.17. The van der Waals surface area contributed by atoms with Crippen molar-refractivity contribution in [3.05, 3.63) is 29.6 Å². The van der Waals surface area contributed by atoms with Crippen LogP contribution in [0.5, 0.6) is 0 Å². The van der Waals surface area contributed by atoms with E-state index in [0.717, 1.165) is 0 Å². The number of thiol groups is 1. The van der Waals surface area contributed by atoms with E-state index in [1.54, 1.807) is 0 Å². The van der Waals surface area contributed by atoms with Crippen LogP contribution in [0.1, 0.15) is 10.4 Å². The lowest BCUT2D eigenvalue weighted by Gasteiger charge is -2.26. The van der Waals surface area contributed by atoms with Gasteiger partial charge in [-0.05, 0) is 18.2 Å². The molecule has 7 heteroatoms. The predicted molar refractivity (Wildman–Crippen MR) is 68.2 cm³/mol. The molecule has 18 heavy (non-hydrogen) atoms. The van der Waals surface area contributed by atoms with E-state index < -0.39 is 21.6 Å². The summed E-state index contributed by atoms with van der Waals surface area (Å²) in [6.45, 7) is 0.217. The van der Waals surface area contributed by atoms with Crippen LogP contribution in [0.2, 0.25) is 0 Å². The molecule has 0 saturated carbocycles. The summed E-state index contributed by atoms with van der Waals surface area (Å²) >= 11 is 4.05. The minimum absolute atomic E-state index is 0.0678. The van der Waals surface area contributed by atoms with Gasteiger partial charge in [0.2, 0.25) is 0 Å². The molecular formula is C11H12FNO3S2. The highest BCUT2D eigenvalue weighted by molar-refractivity contribution is 7.91. The predicted octanol–water partition coefficient (Wildman–Crippen LogP) is 0.985. The van der Waals surface area contributed by atoms with E-state index in [1.807, 2.05) is 0 Å². The average Bonchev–Trinajstić information content (AvgIpc) is 2.31. The van der Waals surface area contributed by atoms with Crippen LogP contribution in [0, 0.1) is 5.82 Å². The number of nitrogens with zero attached hydrogens (tertiary/aromatic N) is 1. The van der Waals surface area contributed by atoms with Crippen LogP contribution >= 0.6 is 12.6 Å². The molecule has 0 N–H and O–H groups in total. The first-order valence-electron chi connectivity index (χ1n) is 5.37. The fourth-order valence-electron chi connectivity index (χ4n) is 1.76. The number of carbonyl (C=O) groups excluding carboxylic acids is 1. The molecule has 98 valence electrons. The van der Waals surface area contributed by atoms with Crippen molar-refractivity contribution < 1.29 is 17.6 Å². The zero-order chi connectivity index (χ0) is 13.3. The summed E-state index contributed by atoms with van der Waals surface area (Å²) in [5.41, 5.74) is -0.0678. The number of benzene rings is 1. The maximum Gasteiger partial charge on any atom is 0.256 e. The van der Waals surface area contributed by atoms with Crippen LogP contribution in [0.15, 0.2) is 23.1 Å². The van der Waals surface area contributed by atoms with Gasteiger partial charge in [-0.25, -0.2) is 12.8 Å². The summed E-state index contributed by atoms with van der Waals surface area (Å²) in [5.74, 6) is -1.24. The highest BCUT2D eigenvalue weighted by Gasteiger charge is 2.27. The minimum atomic E-state index is -3.05. The number of sulfone groups is 1. The molecule has 1 aliphatic rings. The van der Waals surface area contributed by atoms with Gasteiger partial charge in [0.1, 0.15) is 5.82 Å². The van der Waals surface area contributed by atoms with Gasteiger partial charge in [0.25, 0.3) is 5.91 Å². The van der Waals surface area contributed by atoms with Crippen LogP contribution in [0.25, 0.3) is 0 Å². The van der Waals surface area contributed by atoms with Gasteiger partial charge in [-0.15, -0.1) is 12.6 Å². The van der Waals surface area contributed by atoms with Gasteiger partial charge >= 0.3 is 0 Å². The van der Waals surface area contributed by atoms with Crippen LogP contribution < -0.4 is 0 Å². The average molecular weight is 289 g/mol. The van der Waals surface area contributed by atoms with Crippen molar-refractivity contribution in [3.8, 4) is 0 Å². The van der Waals surface area contributed by atoms with Gasteiger partial charge in [0.05, 0.1) is 17.1 Å². The largest absolute Gasteiger partial charge is 0.337 e. The Kier molecular flexibility index (Phi) is 3.63. The van der Waals surface area contributed by atoms with Crippen molar-refractivity contribution in [2.75, 3.05) is 24.6 Å². The Labute approximate surface area is 110 Å². The van der Waals surface area contributed by atoms with Crippen LogP contribution in [-0.4, -0.2) is 43.8 Å². The summed E-state index contributed by atoms with van der Waals surface area (Å²) in [4.78, 5) is 13.9. The molecule has 1 aromatic carbocycles. The van der Waals surface area contributed by atoms with Gasteiger partial charge in [0, 0.05) is 18.0 Å². The van der Waals surface area contributed by atoms with E-state index >= 15 is 0 Å². The fraction of sp³-hybridized carbons (Fsp3) is 0.364. The zero-order valence-corrected chi connectivity index (χ0v) is 11.2. The Bertz CT molecular complexity index is 572. The molecule has 1 fully saturated rings. The number of halogens is 1. The van der Waals surface area contributed by atoms with Gasteiger partial charge in [-0.3, -0.25) is 4.79 Å². The molecule has 0 spiro atoms. The SMILES string of the molecule is O=C(c1cc(S)ccc1F)N1CCS(=O)(=O)CC1. The Morgan fingerprint density at radius 1 is 1.28 bits per heavy atom. The minimum Gasteiger partial charge on any atom is -0.337 e. The van der Waals surface area contributed by atoms with Crippen molar-refractivity contribution in [2.24, 2.45) is 0 Å². The molecule has 0 bridgehead atoms. The molecule has 1 heterocycles. The van der Waals surface area contributed by atoms with Gasteiger partial charge < -0.3 is 4.90 Å². The molecule has 1 amide bonds. The number of carbonyl (C=O) groups is 1. The summed E-state index contributed by atoms with van der Waals surface area (Å²) in [7, 11) is -3.05. The molecule has 1 aliphatic heterocycles. The molecule has 1 saturated heterocycles. The first-order valence-corrected chi connectivity index (χ1v) is 7.64. The first kappa shape index (κ1) is 13.4. The summed E-state index contributed by atoms with van der Waals surface area (Å²) in [6.07, 6.45) is 0. The molecule has 0 aliphatic carbocycles. The van der Waals surface area contributed by atoms with E-state index in [0.29, 0.717) is 4.90 Å². The normalized spacial score (nSPS) is 18.7. The van der Waals surface area contributed by atoms with Crippen molar-refractivity contribution in [1.29, 1.82) is 0 Å². The third-order valence-electron chi connectivity index (χ3n) is 2.81. The van der Waals surface area contributed by atoms with Crippen molar-refractivity contribution in [3.63, 3.8) is 0 Å². The fourth-order valence-corrected chi connectivity index (χ4v) is 3.17. The number of amides is 1. The Morgan fingerprint density at radius 2 is 1.89 bits per heavy atom. The monoisotopic (exact) mass is 289 g/mol. The molecule has 0 unspecified atom stereocenters. The standard InChI is InChI=1S/C11H12FNO3S2/c12-10-2-1-8(17)7-9(10)11(14)13-3-5-18(15,16)6-4-13/h1-2,7,17H,3-6H2. The van der Waals surface area contributed by atoms with E-state index in [9.17, 15) is 17.6 Å². The number of rotatable bonds is 1. The van der Waals surface area contributed by atoms with Gasteiger partial charge in [-0.2, -0.15) is 0 Å². The second kappa shape index (κ2) is 4.89. The molecule has 0 radical (unpaired) electrons. The molecule has 0 aromatic heterocycles. The zero-order valence-electron chi connectivity index (χ0n) is 9.47. The topological polar surface area (TPSA) is 54.5 Å². The summed E-state index contributed by atoms with van der Waals surface area (Å²) in [5, 5.41) is 0. The van der Waals surface area contributed by atoms with Crippen LogP contribution in [0.3, 0.4) is 0 Å². The molecule has 2 rings (SSSR count). The lowest BCUT2D eigenvalue weighted by Crippen LogP contribution is -2.44. The van der Waals surface area contributed by atoms with Crippen molar-refractivity contribution in [1.82, 2.24) is 4.90 Å². The molecule has 4 nitrogen and oxygen atoms in total. The van der Waals surface area contributed by atoms with E-state index in [2.05, 4.69) is 12.6 Å². The Morgan fingerprint density at radius 3 is 2.50 bits per heavy atom. The lowest BCUT2D eigenvalue weighted by atomic mass is 10.2. The van der Waals surface area contributed by atoms with Crippen molar-refractivity contribution >= 4 is 28.4 Å². The number of hydrogen-bond donors (Lipinski definition) is 1. The van der Waals surface area contributed by atoms with Crippen LogP contribution in [-0.2, 0) is 9.84 Å². The third-order valence-corrected chi connectivity index (χ3v) is 4.70. The second-order valence-corrected chi connectivity index (χ2v) is 6.93. The molecule has 1 aromatic rings. The lowest BCUT2D eigenvalue weighted by molar-refractivity contribution is 0.0765. The third kappa shape index (κ3) is 2.84. The maximum absolute atomic E-state index is 13.5. The van der Waals surface area contributed by atoms with E-state index in [4.69, 9.17) is 0 Å².